The van der Waals surface area contributed by atoms with E-state index in [1.54, 1.807) is 0 Å². The van der Waals surface area contributed by atoms with Crippen LogP contribution < -0.4 is 5.56 Å². The van der Waals surface area contributed by atoms with Crippen molar-refractivity contribution in [3.05, 3.63) is 27.4 Å². The first kappa shape index (κ1) is 11.3. The Morgan fingerprint density at radius 2 is 2.38 bits per heavy atom. The van der Waals surface area contributed by atoms with Gasteiger partial charge in [-0.05, 0) is 25.7 Å². The SMILES string of the molecule is CCc1nc(CC2CCOC2)[nH]c(=O)c1C. The summed E-state index contributed by atoms with van der Waals surface area (Å²) < 4.78 is 5.32. The van der Waals surface area contributed by atoms with Gasteiger partial charge in [0.25, 0.3) is 5.56 Å². The Morgan fingerprint density at radius 3 is 3.00 bits per heavy atom. The van der Waals surface area contributed by atoms with Crippen molar-refractivity contribution in [1.82, 2.24) is 9.97 Å². The van der Waals surface area contributed by atoms with E-state index in [9.17, 15) is 4.79 Å². The lowest BCUT2D eigenvalue weighted by Gasteiger charge is -2.09. The minimum Gasteiger partial charge on any atom is -0.381 e. The number of ether oxygens (including phenoxy) is 1. The van der Waals surface area contributed by atoms with Crippen molar-refractivity contribution in [3.63, 3.8) is 0 Å². The lowest BCUT2D eigenvalue weighted by Crippen LogP contribution is -2.19. The van der Waals surface area contributed by atoms with Crippen molar-refractivity contribution in [2.24, 2.45) is 5.92 Å². The average Bonchev–Trinajstić information content (AvgIpc) is 2.76. The van der Waals surface area contributed by atoms with Crippen LogP contribution in [0.2, 0.25) is 0 Å². The predicted octanol–water partition coefficient (Wildman–Crippen LogP) is 1.22. The summed E-state index contributed by atoms with van der Waals surface area (Å²) in [6.45, 7) is 5.48. The van der Waals surface area contributed by atoms with E-state index in [2.05, 4.69) is 9.97 Å². The summed E-state index contributed by atoms with van der Waals surface area (Å²) in [4.78, 5) is 19.0. The second-order valence-corrected chi connectivity index (χ2v) is 4.37. The van der Waals surface area contributed by atoms with Crippen LogP contribution in [0.4, 0.5) is 0 Å². The summed E-state index contributed by atoms with van der Waals surface area (Å²) in [7, 11) is 0. The highest BCUT2D eigenvalue weighted by molar-refractivity contribution is 5.16. The summed E-state index contributed by atoms with van der Waals surface area (Å²) in [5.41, 5.74) is 1.66. The molecule has 0 amide bonds. The Labute approximate surface area is 95.1 Å². The number of aromatic amines is 1. The molecule has 4 nitrogen and oxygen atoms in total. The zero-order valence-corrected chi connectivity index (χ0v) is 9.88. The molecule has 0 bridgehead atoms. The van der Waals surface area contributed by atoms with Gasteiger partial charge in [0.05, 0.1) is 5.69 Å². The first-order chi connectivity index (χ1) is 7.70. The topological polar surface area (TPSA) is 55.0 Å². The predicted molar refractivity (Wildman–Crippen MR) is 61.6 cm³/mol. The maximum absolute atomic E-state index is 11.7. The fourth-order valence-electron chi connectivity index (χ4n) is 2.09. The molecule has 1 aliphatic heterocycles. The first-order valence-corrected chi connectivity index (χ1v) is 5.87. The third-order valence-electron chi connectivity index (χ3n) is 3.14. The number of nitrogens with one attached hydrogen (secondary N) is 1. The van der Waals surface area contributed by atoms with Gasteiger partial charge >= 0.3 is 0 Å². The van der Waals surface area contributed by atoms with Gasteiger partial charge in [0, 0.05) is 25.2 Å². The van der Waals surface area contributed by atoms with Gasteiger partial charge in [0.1, 0.15) is 5.82 Å². The van der Waals surface area contributed by atoms with Crippen molar-refractivity contribution >= 4 is 0 Å². The van der Waals surface area contributed by atoms with Crippen molar-refractivity contribution in [3.8, 4) is 0 Å². The summed E-state index contributed by atoms with van der Waals surface area (Å²) in [6.07, 6.45) is 2.70. The van der Waals surface area contributed by atoms with Crippen LogP contribution in [0, 0.1) is 12.8 Å². The summed E-state index contributed by atoms with van der Waals surface area (Å²) in [6, 6.07) is 0. The van der Waals surface area contributed by atoms with E-state index in [4.69, 9.17) is 4.74 Å². The van der Waals surface area contributed by atoms with Crippen LogP contribution in [0.25, 0.3) is 0 Å². The molecule has 1 atom stereocenters. The Kier molecular flexibility index (Phi) is 3.39. The number of H-pyrrole nitrogens is 1. The highest BCUT2D eigenvalue weighted by Gasteiger charge is 2.17. The summed E-state index contributed by atoms with van der Waals surface area (Å²) in [5, 5.41) is 0. The smallest absolute Gasteiger partial charge is 0.254 e. The van der Waals surface area contributed by atoms with Crippen LogP contribution >= 0.6 is 0 Å². The zero-order valence-electron chi connectivity index (χ0n) is 9.88. The minimum atomic E-state index is 0.000709. The molecular weight excluding hydrogens is 204 g/mol. The van der Waals surface area contributed by atoms with Gasteiger partial charge in [-0.1, -0.05) is 6.92 Å². The van der Waals surface area contributed by atoms with Crippen LogP contribution in [0.15, 0.2) is 4.79 Å². The van der Waals surface area contributed by atoms with E-state index < -0.39 is 0 Å². The van der Waals surface area contributed by atoms with Gasteiger partial charge < -0.3 is 9.72 Å². The monoisotopic (exact) mass is 222 g/mol. The standard InChI is InChI=1S/C12H18N2O2/c1-3-10-8(2)12(15)14-11(13-10)6-9-4-5-16-7-9/h9H,3-7H2,1-2H3,(H,13,14,15). The van der Waals surface area contributed by atoms with Gasteiger partial charge in [0.2, 0.25) is 0 Å². The zero-order chi connectivity index (χ0) is 11.5. The molecule has 1 aliphatic rings. The Balaban J connectivity index is 2.20. The van der Waals surface area contributed by atoms with Crippen molar-refractivity contribution in [2.45, 2.75) is 33.1 Å². The van der Waals surface area contributed by atoms with Gasteiger partial charge in [-0.3, -0.25) is 4.79 Å². The molecule has 1 saturated heterocycles. The molecule has 88 valence electrons. The molecule has 0 spiro atoms. The molecule has 0 aromatic carbocycles. The number of aromatic nitrogens is 2. The third kappa shape index (κ3) is 2.32. The largest absolute Gasteiger partial charge is 0.381 e. The normalized spacial score (nSPS) is 20.2. The first-order valence-electron chi connectivity index (χ1n) is 5.87. The Hall–Kier alpha value is -1.16. The van der Waals surface area contributed by atoms with Crippen molar-refractivity contribution in [1.29, 1.82) is 0 Å². The van der Waals surface area contributed by atoms with E-state index in [1.807, 2.05) is 13.8 Å². The Bertz CT molecular complexity index is 420. The molecule has 1 N–H and O–H groups in total. The molecule has 0 aliphatic carbocycles. The highest BCUT2D eigenvalue weighted by Crippen LogP contribution is 2.16. The Morgan fingerprint density at radius 1 is 1.56 bits per heavy atom. The fraction of sp³-hybridized carbons (Fsp3) is 0.667. The lowest BCUT2D eigenvalue weighted by atomic mass is 10.0. The molecule has 1 fully saturated rings. The second-order valence-electron chi connectivity index (χ2n) is 4.37. The van der Waals surface area contributed by atoms with Gasteiger partial charge in [-0.25, -0.2) is 4.98 Å². The maximum atomic E-state index is 11.7. The van der Waals surface area contributed by atoms with Crippen LogP contribution in [-0.2, 0) is 17.6 Å². The van der Waals surface area contributed by atoms with Gasteiger partial charge in [-0.2, -0.15) is 0 Å². The molecule has 2 heterocycles. The van der Waals surface area contributed by atoms with E-state index in [0.29, 0.717) is 5.92 Å². The average molecular weight is 222 g/mol. The second kappa shape index (κ2) is 4.78. The molecule has 0 radical (unpaired) electrons. The molecule has 1 aromatic rings. The molecule has 16 heavy (non-hydrogen) atoms. The minimum absolute atomic E-state index is 0.000709. The molecule has 4 heteroatoms. The quantitative estimate of drug-likeness (QED) is 0.836. The number of aryl methyl sites for hydroxylation is 1. The maximum Gasteiger partial charge on any atom is 0.254 e. The molecular formula is C12H18N2O2. The van der Waals surface area contributed by atoms with Crippen LogP contribution in [0.3, 0.4) is 0 Å². The number of nitrogens with zero attached hydrogens (tertiary/aromatic N) is 1. The molecule has 1 unspecified atom stereocenters. The number of hydrogen-bond acceptors (Lipinski definition) is 3. The van der Waals surface area contributed by atoms with E-state index >= 15 is 0 Å². The summed E-state index contributed by atoms with van der Waals surface area (Å²) in [5.74, 6) is 1.32. The fourth-order valence-corrected chi connectivity index (χ4v) is 2.09. The van der Waals surface area contributed by atoms with Crippen LogP contribution in [0.1, 0.15) is 30.4 Å². The van der Waals surface area contributed by atoms with E-state index in [-0.39, 0.29) is 5.56 Å². The third-order valence-corrected chi connectivity index (χ3v) is 3.14. The molecule has 0 saturated carbocycles. The summed E-state index contributed by atoms with van der Waals surface area (Å²) >= 11 is 0. The lowest BCUT2D eigenvalue weighted by molar-refractivity contribution is 0.185. The van der Waals surface area contributed by atoms with E-state index in [1.165, 1.54) is 0 Å². The van der Waals surface area contributed by atoms with E-state index in [0.717, 1.165) is 49.6 Å². The number of rotatable bonds is 3. The van der Waals surface area contributed by atoms with Gasteiger partial charge in [0.15, 0.2) is 0 Å². The number of hydrogen-bond donors (Lipinski definition) is 1. The van der Waals surface area contributed by atoms with Crippen molar-refractivity contribution < 1.29 is 4.74 Å². The van der Waals surface area contributed by atoms with Crippen LogP contribution in [-0.4, -0.2) is 23.2 Å². The molecule has 1 aromatic heterocycles. The highest BCUT2D eigenvalue weighted by atomic mass is 16.5. The van der Waals surface area contributed by atoms with Crippen LogP contribution in [0.5, 0.6) is 0 Å². The van der Waals surface area contributed by atoms with Crippen molar-refractivity contribution in [2.75, 3.05) is 13.2 Å². The van der Waals surface area contributed by atoms with Gasteiger partial charge in [-0.15, -0.1) is 0 Å². The molecule has 2 rings (SSSR count).